The highest BCUT2D eigenvalue weighted by molar-refractivity contribution is 8.00. The lowest BCUT2D eigenvalue weighted by Crippen LogP contribution is -2.44. The highest BCUT2D eigenvalue weighted by atomic mass is 32.2. The molecule has 4 aromatic rings. The van der Waals surface area contributed by atoms with Crippen LogP contribution in [0, 0.1) is 27.7 Å². The number of nitrogens with one attached hydrogen (secondary N) is 1. The van der Waals surface area contributed by atoms with Gasteiger partial charge < -0.3 is 5.32 Å². The van der Waals surface area contributed by atoms with Crippen LogP contribution in [0.15, 0.2) is 77.8 Å². The Kier molecular flexibility index (Phi) is 6.89. The Balaban J connectivity index is 1.62. The number of thioether (sulfide) groups is 1. The summed E-state index contributed by atoms with van der Waals surface area (Å²) in [4.78, 5) is 29.3. The average molecular weight is 511 g/mol. The molecule has 0 fully saturated rings. The van der Waals surface area contributed by atoms with E-state index in [1.165, 1.54) is 11.8 Å². The first-order chi connectivity index (χ1) is 17.8. The monoisotopic (exact) mass is 510 g/mol. The molecule has 1 aliphatic heterocycles. The second-order valence-electron chi connectivity index (χ2n) is 9.56. The van der Waals surface area contributed by atoms with Gasteiger partial charge in [-0.1, -0.05) is 65.9 Å². The molecule has 37 heavy (non-hydrogen) atoms. The third-order valence-electron chi connectivity index (χ3n) is 6.52. The molecule has 0 radical (unpaired) electrons. The maximum atomic E-state index is 14.0. The molecule has 3 aromatic carbocycles. The second-order valence-corrected chi connectivity index (χ2v) is 10.5. The van der Waals surface area contributed by atoms with Gasteiger partial charge in [-0.25, -0.2) is 4.68 Å². The number of carbonyl (C=O) groups excluding carboxylic acids is 2. The van der Waals surface area contributed by atoms with Crippen molar-refractivity contribution < 1.29 is 9.59 Å². The number of para-hydroxylation sites is 1. The van der Waals surface area contributed by atoms with Crippen LogP contribution in [0.4, 0.5) is 5.69 Å². The number of benzene rings is 3. The Morgan fingerprint density at radius 2 is 1.59 bits per heavy atom. The topological polar surface area (TPSA) is 67.2 Å². The molecule has 0 saturated heterocycles. The van der Waals surface area contributed by atoms with Crippen molar-refractivity contribution in [3.05, 3.63) is 106 Å². The van der Waals surface area contributed by atoms with E-state index >= 15 is 0 Å². The van der Waals surface area contributed by atoms with E-state index in [2.05, 4.69) is 11.4 Å². The molecule has 1 unspecified atom stereocenters. The van der Waals surface area contributed by atoms with Crippen LogP contribution in [-0.2, 0) is 16.1 Å². The minimum Gasteiger partial charge on any atom is -0.350 e. The molecule has 6 nitrogen and oxygen atoms in total. The molecule has 0 bridgehead atoms. The number of anilines is 1. The number of carbonyl (C=O) groups is 2. The number of aromatic nitrogens is 2. The highest BCUT2D eigenvalue weighted by Gasteiger charge is 2.40. The predicted octanol–water partition coefficient (Wildman–Crippen LogP) is 5.60. The fraction of sp³-hybridized carbons (Fsp3) is 0.233. The number of nitrogens with zero attached hydrogens (tertiary/aromatic N) is 3. The lowest BCUT2D eigenvalue weighted by Gasteiger charge is -2.30. The van der Waals surface area contributed by atoms with Crippen LogP contribution in [0.5, 0.6) is 0 Å². The van der Waals surface area contributed by atoms with Crippen molar-refractivity contribution in [2.75, 3.05) is 10.7 Å². The number of fused-ring (bicyclic) bond motifs is 1. The van der Waals surface area contributed by atoms with Crippen LogP contribution in [0.3, 0.4) is 0 Å². The van der Waals surface area contributed by atoms with E-state index in [-0.39, 0.29) is 17.6 Å². The molecule has 188 valence electrons. The van der Waals surface area contributed by atoms with Crippen LogP contribution in [-0.4, -0.2) is 27.3 Å². The summed E-state index contributed by atoms with van der Waals surface area (Å²) in [6.45, 7) is 8.33. The summed E-state index contributed by atoms with van der Waals surface area (Å²) in [6.07, 6.45) is 0. The van der Waals surface area contributed by atoms with E-state index < -0.39 is 6.04 Å². The van der Waals surface area contributed by atoms with Crippen LogP contribution < -0.4 is 10.2 Å². The van der Waals surface area contributed by atoms with Crippen molar-refractivity contribution >= 4 is 29.3 Å². The SMILES string of the molecule is Cc1ccc(CNC(=O)C2c3c(C)nn(-c4ccccc4)c3SCC(=O)N2c2cc(C)cc(C)c2)cc1. The van der Waals surface area contributed by atoms with Gasteiger partial charge in [0.2, 0.25) is 11.8 Å². The summed E-state index contributed by atoms with van der Waals surface area (Å²) in [5, 5.41) is 8.75. The molecule has 5 rings (SSSR count). The van der Waals surface area contributed by atoms with Crippen LogP contribution >= 0.6 is 11.8 Å². The lowest BCUT2D eigenvalue weighted by molar-refractivity contribution is -0.126. The van der Waals surface area contributed by atoms with Crippen molar-refractivity contribution in [2.45, 2.75) is 45.3 Å². The highest BCUT2D eigenvalue weighted by Crippen LogP contribution is 2.41. The van der Waals surface area contributed by atoms with Crippen molar-refractivity contribution in [3.8, 4) is 5.69 Å². The largest absolute Gasteiger partial charge is 0.350 e. The standard InChI is InChI=1S/C30H30N4O2S/c1-19-10-12-23(13-11-19)17-31-29(36)28-27-22(4)32-34(24-8-6-5-7-9-24)30(27)37-18-26(35)33(28)25-15-20(2)14-21(3)16-25/h5-16,28H,17-18H2,1-4H3,(H,31,36). The minimum absolute atomic E-state index is 0.110. The number of hydrogen-bond donors (Lipinski definition) is 1. The summed E-state index contributed by atoms with van der Waals surface area (Å²) >= 11 is 1.43. The number of rotatable bonds is 5. The fourth-order valence-corrected chi connectivity index (χ4v) is 5.89. The molecular formula is C30H30N4O2S. The van der Waals surface area contributed by atoms with Gasteiger partial charge in [-0.3, -0.25) is 14.5 Å². The van der Waals surface area contributed by atoms with E-state index in [1.807, 2.05) is 99.1 Å². The maximum absolute atomic E-state index is 14.0. The third-order valence-corrected chi connectivity index (χ3v) is 7.57. The first kappa shape index (κ1) is 24.8. The van der Waals surface area contributed by atoms with Gasteiger partial charge in [0.25, 0.3) is 0 Å². The Bertz CT molecular complexity index is 1440. The second kappa shape index (κ2) is 10.3. The van der Waals surface area contributed by atoms with E-state index in [9.17, 15) is 9.59 Å². The van der Waals surface area contributed by atoms with Crippen LogP contribution in [0.1, 0.15) is 39.6 Å². The molecular weight excluding hydrogens is 480 g/mol. The minimum atomic E-state index is -0.846. The smallest absolute Gasteiger partial charge is 0.248 e. The first-order valence-electron chi connectivity index (χ1n) is 12.3. The predicted molar refractivity (Wildman–Crippen MR) is 148 cm³/mol. The van der Waals surface area contributed by atoms with Gasteiger partial charge in [0.05, 0.1) is 17.1 Å². The van der Waals surface area contributed by atoms with Crippen molar-refractivity contribution in [1.82, 2.24) is 15.1 Å². The third kappa shape index (κ3) is 5.04. The molecule has 7 heteroatoms. The molecule has 1 N–H and O–H groups in total. The summed E-state index contributed by atoms with van der Waals surface area (Å²) in [7, 11) is 0. The van der Waals surface area contributed by atoms with Crippen molar-refractivity contribution in [3.63, 3.8) is 0 Å². The Morgan fingerprint density at radius 1 is 0.919 bits per heavy atom. The zero-order valence-corrected chi connectivity index (χ0v) is 22.3. The van der Waals surface area contributed by atoms with E-state index in [1.54, 1.807) is 4.90 Å². The number of amides is 2. The van der Waals surface area contributed by atoms with Gasteiger partial charge in [0.15, 0.2) is 0 Å². The Hall–Kier alpha value is -3.84. The summed E-state index contributed by atoms with van der Waals surface area (Å²) in [5.41, 5.74) is 7.35. The van der Waals surface area contributed by atoms with Gasteiger partial charge >= 0.3 is 0 Å². The van der Waals surface area contributed by atoms with Gasteiger partial charge in [-0.15, -0.1) is 0 Å². The first-order valence-corrected chi connectivity index (χ1v) is 13.3. The van der Waals surface area contributed by atoms with Gasteiger partial charge in [0, 0.05) is 17.8 Å². The maximum Gasteiger partial charge on any atom is 0.248 e. The van der Waals surface area contributed by atoms with E-state index in [4.69, 9.17) is 5.10 Å². The molecule has 2 amide bonds. The quantitative estimate of drug-likeness (QED) is 0.379. The molecule has 1 aromatic heterocycles. The molecule has 0 aliphatic carbocycles. The normalized spacial score (nSPS) is 15.3. The molecule has 0 saturated carbocycles. The molecule has 1 aliphatic rings. The number of hydrogen-bond acceptors (Lipinski definition) is 4. The van der Waals surface area contributed by atoms with Crippen molar-refractivity contribution in [1.29, 1.82) is 0 Å². The van der Waals surface area contributed by atoms with Gasteiger partial charge in [0.1, 0.15) is 11.1 Å². The van der Waals surface area contributed by atoms with E-state index in [0.29, 0.717) is 6.54 Å². The summed E-state index contributed by atoms with van der Waals surface area (Å²) < 4.78 is 1.86. The summed E-state index contributed by atoms with van der Waals surface area (Å²) in [5.74, 6) is -0.132. The Morgan fingerprint density at radius 3 is 2.27 bits per heavy atom. The molecule has 2 heterocycles. The van der Waals surface area contributed by atoms with Crippen LogP contribution in [0.2, 0.25) is 0 Å². The van der Waals surface area contributed by atoms with Crippen LogP contribution in [0.25, 0.3) is 5.69 Å². The zero-order chi connectivity index (χ0) is 26.1. The average Bonchev–Trinajstić information content (AvgIpc) is 3.11. The fourth-order valence-electron chi connectivity index (χ4n) is 4.81. The van der Waals surface area contributed by atoms with Crippen molar-refractivity contribution in [2.24, 2.45) is 0 Å². The number of aryl methyl sites for hydroxylation is 4. The molecule has 1 atom stereocenters. The van der Waals surface area contributed by atoms with E-state index in [0.717, 1.165) is 49.9 Å². The molecule has 0 spiro atoms. The summed E-state index contributed by atoms with van der Waals surface area (Å²) in [6, 6.07) is 23.1. The Labute approximate surface area is 221 Å². The lowest BCUT2D eigenvalue weighted by atomic mass is 10.0. The van der Waals surface area contributed by atoms with Gasteiger partial charge in [-0.05, 0) is 68.7 Å². The van der Waals surface area contributed by atoms with Gasteiger partial charge in [-0.2, -0.15) is 5.10 Å². The zero-order valence-electron chi connectivity index (χ0n) is 21.5.